The summed E-state index contributed by atoms with van der Waals surface area (Å²) in [5.74, 6) is 0.0252. The molecule has 3 rings (SSSR count). The van der Waals surface area contributed by atoms with Crippen LogP contribution in [0, 0.1) is 12.7 Å². The van der Waals surface area contributed by atoms with Gasteiger partial charge in [-0.3, -0.25) is 4.79 Å². The number of aryl methyl sites for hydroxylation is 1. The largest absolute Gasteiger partial charge is 0.490 e. The molecule has 0 aromatic heterocycles. The summed E-state index contributed by atoms with van der Waals surface area (Å²) in [4.78, 5) is 12.3. The quantitative estimate of drug-likeness (QED) is 0.745. The maximum atomic E-state index is 13.3. The first-order valence-corrected chi connectivity index (χ1v) is 10.7. The van der Waals surface area contributed by atoms with Gasteiger partial charge in [-0.15, -0.1) is 0 Å². The predicted molar refractivity (Wildman–Crippen MR) is 105 cm³/mol. The number of benzene rings is 2. The van der Waals surface area contributed by atoms with Gasteiger partial charge in [0.1, 0.15) is 5.82 Å². The standard InChI is InChI=1S/C20H23FN2O5S/c1-13-10-15(4-6-17(13)21)12-22-20(24)14(2)23-29(25,26)16-5-7-18-19(11-16)28-9-3-8-27-18/h4-7,10-11,14,23H,3,8-9,12H2,1-2H3,(H,22,24). The molecule has 0 aliphatic carbocycles. The summed E-state index contributed by atoms with van der Waals surface area (Å²) in [5, 5.41) is 2.64. The summed E-state index contributed by atoms with van der Waals surface area (Å²) in [7, 11) is -3.94. The van der Waals surface area contributed by atoms with Crippen LogP contribution in [0.5, 0.6) is 11.5 Å². The van der Waals surface area contributed by atoms with Crippen molar-refractivity contribution in [3.63, 3.8) is 0 Å². The zero-order valence-electron chi connectivity index (χ0n) is 16.2. The second kappa shape index (κ2) is 8.79. The molecule has 1 aliphatic rings. The number of sulfonamides is 1. The van der Waals surface area contributed by atoms with Crippen LogP contribution in [-0.4, -0.2) is 33.6 Å². The number of carbonyl (C=O) groups is 1. The fraction of sp³-hybridized carbons (Fsp3) is 0.350. The molecule has 0 radical (unpaired) electrons. The predicted octanol–water partition coefficient (Wildman–Crippen LogP) is 2.28. The normalized spacial score (nSPS) is 14.7. The van der Waals surface area contributed by atoms with Crippen LogP contribution >= 0.6 is 0 Å². The lowest BCUT2D eigenvalue weighted by Gasteiger charge is -2.16. The van der Waals surface area contributed by atoms with Gasteiger partial charge in [-0.05, 0) is 43.2 Å². The summed E-state index contributed by atoms with van der Waals surface area (Å²) < 4.78 is 52.0. The van der Waals surface area contributed by atoms with E-state index < -0.39 is 22.0 Å². The van der Waals surface area contributed by atoms with Gasteiger partial charge in [0.25, 0.3) is 0 Å². The van der Waals surface area contributed by atoms with Crippen molar-refractivity contribution in [2.45, 2.75) is 37.8 Å². The van der Waals surface area contributed by atoms with Crippen molar-refractivity contribution in [3.8, 4) is 11.5 Å². The average molecular weight is 422 g/mol. The number of amides is 1. The monoisotopic (exact) mass is 422 g/mol. The molecule has 0 saturated heterocycles. The summed E-state index contributed by atoms with van der Waals surface area (Å²) in [6.45, 7) is 4.18. The maximum absolute atomic E-state index is 13.3. The van der Waals surface area contributed by atoms with Crippen LogP contribution in [0.15, 0.2) is 41.3 Å². The van der Waals surface area contributed by atoms with Gasteiger partial charge in [-0.2, -0.15) is 4.72 Å². The van der Waals surface area contributed by atoms with Crippen molar-refractivity contribution in [1.29, 1.82) is 0 Å². The zero-order chi connectivity index (χ0) is 21.0. The Kier molecular flexibility index (Phi) is 6.39. The molecule has 9 heteroatoms. The van der Waals surface area contributed by atoms with Crippen LogP contribution in [0.1, 0.15) is 24.5 Å². The Bertz CT molecular complexity index is 1010. The van der Waals surface area contributed by atoms with E-state index in [-0.39, 0.29) is 17.3 Å². The lowest BCUT2D eigenvalue weighted by molar-refractivity contribution is -0.122. The number of fused-ring (bicyclic) bond motifs is 1. The van der Waals surface area contributed by atoms with Gasteiger partial charge in [0.05, 0.1) is 24.2 Å². The number of nitrogens with one attached hydrogen (secondary N) is 2. The zero-order valence-corrected chi connectivity index (χ0v) is 17.0. The molecule has 1 unspecified atom stereocenters. The molecular formula is C20H23FN2O5S. The smallest absolute Gasteiger partial charge is 0.241 e. The van der Waals surface area contributed by atoms with Crippen molar-refractivity contribution in [2.24, 2.45) is 0 Å². The number of halogens is 1. The van der Waals surface area contributed by atoms with Gasteiger partial charge in [0.2, 0.25) is 15.9 Å². The van der Waals surface area contributed by atoms with Gasteiger partial charge in [0.15, 0.2) is 11.5 Å². The molecular weight excluding hydrogens is 399 g/mol. The molecule has 2 aromatic rings. The molecule has 0 bridgehead atoms. The highest BCUT2D eigenvalue weighted by molar-refractivity contribution is 7.89. The second-order valence-electron chi connectivity index (χ2n) is 6.80. The van der Waals surface area contributed by atoms with Crippen molar-refractivity contribution in [3.05, 3.63) is 53.3 Å². The van der Waals surface area contributed by atoms with Crippen LogP contribution in [0.2, 0.25) is 0 Å². The molecule has 2 N–H and O–H groups in total. The minimum Gasteiger partial charge on any atom is -0.490 e. The van der Waals surface area contributed by atoms with Crippen LogP contribution < -0.4 is 19.5 Å². The van der Waals surface area contributed by atoms with E-state index in [2.05, 4.69) is 10.0 Å². The Morgan fingerprint density at radius 1 is 1.14 bits per heavy atom. The molecule has 2 aromatic carbocycles. The Balaban J connectivity index is 1.63. The maximum Gasteiger partial charge on any atom is 0.241 e. The molecule has 29 heavy (non-hydrogen) atoms. The average Bonchev–Trinajstić information content (AvgIpc) is 2.93. The van der Waals surface area contributed by atoms with Crippen molar-refractivity contribution in [2.75, 3.05) is 13.2 Å². The Morgan fingerprint density at radius 2 is 1.86 bits per heavy atom. The number of ether oxygens (including phenoxy) is 2. The lowest BCUT2D eigenvalue weighted by Crippen LogP contribution is -2.44. The van der Waals surface area contributed by atoms with Gasteiger partial charge in [-0.1, -0.05) is 12.1 Å². The SMILES string of the molecule is Cc1cc(CNC(=O)C(C)NS(=O)(=O)c2ccc3c(c2)OCCCO3)ccc1F. The first-order valence-electron chi connectivity index (χ1n) is 9.21. The van der Waals surface area contributed by atoms with E-state index in [0.29, 0.717) is 36.7 Å². The van der Waals surface area contributed by atoms with Crippen molar-refractivity contribution in [1.82, 2.24) is 10.0 Å². The molecule has 1 amide bonds. The van der Waals surface area contributed by atoms with E-state index in [1.54, 1.807) is 19.1 Å². The van der Waals surface area contributed by atoms with Crippen LogP contribution in [0.3, 0.4) is 0 Å². The lowest BCUT2D eigenvalue weighted by atomic mass is 10.1. The number of carbonyl (C=O) groups excluding carboxylic acids is 1. The topological polar surface area (TPSA) is 93.7 Å². The van der Waals surface area contributed by atoms with Gasteiger partial charge in [0, 0.05) is 19.0 Å². The van der Waals surface area contributed by atoms with E-state index >= 15 is 0 Å². The second-order valence-corrected chi connectivity index (χ2v) is 8.52. The minimum absolute atomic E-state index is 0.0180. The molecule has 1 heterocycles. The Morgan fingerprint density at radius 3 is 2.59 bits per heavy atom. The van der Waals surface area contributed by atoms with Gasteiger partial charge in [-0.25, -0.2) is 12.8 Å². The molecule has 1 atom stereocenters. The van der Waals surface area contributed by atoms with Gasteiger partial charge >= 0.3 is 0 Å². The van der Waals surface area contributed by atoms with Crippen molar-refractivity contribution < 1.29 is 27.1 Å². The number of rotatable bonds is 6. The van der Waals surface area contributed by atoms with Crippen LogP contribution in [-0.2, 0) is 21.4 Å². The van der Waals surface area contributed by atoms with E-state index in [1.165, 1.54) is 31.2 Å². The summed E-state index contributed by atoms with van der Waals surface area (Å²) in [5.41, 5.74) is 1.19. The molecule has 0 saturated carbocycles. The highest BCUT2D eigenvalue weighted by Crippen LogP contribution is 2.31. The highest BCUT2D eigenvalue weighted by Gasteiger charge is 2.24. The highest BCUT2D eigenvalue weighted by atomic mass is 32.2. The summed E-state index contributed by atoms with van der Waals surface area (Å²) in [6, 6.07) is 7.84. The van der Waals surface area contributed by atoms with E-state index in [0.717, 1.165) is 5.56 Å². The number of hydrogen-bond donors (Lipinski definition) is 2. The fourth-order valence-corrected chi connectivity index (χ4v) is 4.04. The Labute approximate surface area is 169 Å². The first-order chi connectivity index (χ1) is 13.8. The molecule has 156 valence electrons. The third kappa shape index (κ3) is 5.24. The van der Waals surface area contributed by atoms with Crippen molar-refractivity contribution >= 4 is 15.9 Å². The van der Waals surface area contributed by atoms with Crippen LogP contribution in [0.4, 0.5) is 4.39 Å². The van der Waals surface area contributed by atoms with E-state index in [1.807, 2.05) is 0 Å². The Hall–Kier alpha value is -2.65. The van der Waals surface area contributed by atoms with Gasteiger partial charge < -0.3 is 14.8 Å². The first kappa shape index (κ1) is 21.1. The minimum atomic E-state index is -3.94. The molecule has 1 aliphatic heterocycles. The number of hydrogen-bond acceptors (Lipinski definition) is 5. The fourth-order valence-electron chi connectivity index (χ4n) is 2.82. The van der Waals surface area contributed by atoms with Crippen LogP contribution in [0.25, 0.3) is 0 Å². The van der Waals surface area contributed by atoms with E-state index in [9.17, 15) is 17.6 Å². The molecule has 7 nitrogen and oxygen atoms in total. The molecule has 0 spiro atoms. The third-order valence-corrected chi connectivity index (χ3v) is 5.98. The molecule has 0 fully saturated rings. The third-order valence-electron chi connectivity index (χ3n) is 4.44. The summed E-state index contributed by atoms with van der Waals surface area (Å²) >= 11 is 0. The van der Waals surface area contributed by atoms with E-state index in [4.69, 9.17) is 9.47 Å². The summed E-state index contributed by atoms with van der Waals surface area (Å²) in [6.07, 6.45) is 0.708.